The van der Waals surface area contributed by atoms with Crippen molar-refractivity contribution >= 4 is 11.5 Å². The molecule has 0 amide bonds. The van der Waals surface area contributed by atoms with E-state index in [1.165, 1.54) is 13.3 Å². The molecule has 0 atom stereocenters. The van der Waals surface area contributed by atoms with Crippen LogP contribution in [0.3, 0.4) is 0 Å². The first-order valence-electron chi connectivity index (χ1n) is 4.76. The Morgan fingerprint density at radius 1 is 1.12 bits per heavy atom. The fraction of sp³-hybridized carbons (Fsp3) is 0.0833. The minimum atomic E-state index is 0.0694. The quantitative estimate of drug-likeness (QED) is 0.583. The molecule has 0 spiro atoms. The van der Waals surface area contributed by atoms with Crippen molar-refractivity contribution in [1.29, 1.82) is 0 Å². The van der Waals surface area contributed by atoms with Crippen LogP contribution >= 0.6 is 0 Å². The van der Waals surface area contributed by atoms with Gasteiger partial charge in [0.05, 0.1) is 0 Å². The molecule has 4 heteroatoms. The van der Waals surface area contributed by atoms with E-state index in [1.807, 2.05) is 0 Å². The van der Waals surface area contributed by atoms with Crippen LogP contribution in [0.25, 0.3) is 0 Å². The molecule has 0 aliphatic carbocycles. The van der Waals surface area contributed by atoms with Crippen LogP contribution in [0.4, 0.5) is 5.69 Å². The van der Waals surface area contributed by atoms with E-state index in [0.29, 0.717) is 11.3 Å². The third-order valence-electron chi connectivity index (χ3n) is 1.79. The van der Waals surface area contributed by atoms with E-state index in [-0.39, 0.29) is 5.78 Å². The summed E-state index contributed by atoms with van der Waals surface area (Å²) in [4.78, 5) is 18.1. The minimum Gasteiger partial charge on any atom is -0.399 e. The van der Waals surface area contributed by atoms with Crippen LogP contribution < -0.4 is 5.73 Å². The average molecular weight is 215 g/mol. The molecule has 0 saturated heterocycles. The van der Waals surface area contributed by atoms with Gasteiger partial charge in [-0.2, -0.15) is 0 Å². The second-order valence-corrected chi connectivity index (χ2v) is 3.08. The molecule has 0 saturated carbocycles. The number of aromatic nitrogens is 2. The van der Waals surface area contributed by atoms with Gasteiger partial charge in [0.2, 0.25) is 0 Å². The minimum absolute atomic E-state index is 0.0694. The van der Waals surface area contributed by atoms with Gasteiger partial charge in [0, 0.05) is 23.6 Å². The van der Waals surface area contributed by atoms with Gasteiger partial charge < -0.3 is 5.73 Å². The Hall–Kier alpha value is -2.23. The van der Waals surface area contributed by atoms with E-state index in [1.54, 1.807) is 42.7 Å². The van der Waals surface area contributed by atoms with Crippen molar-refractivity contribution in [1.82, 2.24) is 9.97 Å². The Kier molecular flexibility index (Phi) is 4.66. The maximum Gasteiger partial charge on any atom is 0.159 e. The summed E-state index contributed by atoms with van der Waals surface area (Å²) in [6.07, 6.45) is 4.88. The van der Waals surface area contributed by atoms with Gasteiger partial charge in [0.25, 0.3) is 0 Å². The third-order valence-corrected chi connectivity index (χ3v) is 1.79. The fourth-order valence-electron chi connectivity index (χ4n) is 0.971. The van der Waals surface area contributed by atoms with Crippen LogP contribution in [0.15, 0.2) is 49.1 Å². The summed E-state index contributed by atoms with van der Waals surface area (Å²) in [7, 11) is 0. The van der Waals surface area contributed by atoms with Gasteiger partial charge in [-0.25, -0.2) is 9.97 Å². The van der Waals surface area contributed by atoms with Gasteiger partial charge >= 0.3 is 0 Å². The molecule has 0 fully saturated rings. The molecule has 2 N–H and O–H groups in total. The highest BCUT2D eigenvalue weighted by Crippen LogP contribution is 2.05. The first-order chi connectivity index (χ1) is 7.70. The molecule has 4 nitrogen and oxygen atoms in total. The lowest BCUT2D eigenvalue weighted by Gasteiger charge is -1.94. The molecule has 0 unspecified atom stereocenters. The summed E-state index contributed by atoms with van der Waals surface area (Å²) < 4.78 is 0. The van der Waals surface area contributed by atoms with Crippen LogP contribution in [-0.2, 0) is 0 Å². The highest BCUT2D eigenvalue weighted by atomic mass is 16.1. The number of Topliss-reactive ketones (excluding diaryl/α,β-unsaturated/α-hetero) is 1. The maximum absolute atomic E-state index is 10.7. The fourth-order valence-corrected chi connectivity index (χ4v) is 0.971. The number of hydrogen-bond acceptors (Lipinski definition) is 4. The number of ketones is 1. The van der Waals surface area contributed by atoms with Gasteiger partial charge in [0.15, 0.2) is 5.78 Å². The van der Waals surface area contributed by atoms with Crippen LogP contribution in [0.5, 0.6) is 0 Å². The Morgan fingerprint density at radius 3 is 2.00 bits per heavy atom. The normalized spacial score (nSPS) is 8.81. The number of nitrogens with zero attached hydrogens (tertiary/aromatic N) is 2. The lowest BCUT2D eigenvalue weighted by Crippen LogP contribution is -1.91. The molecule has 0 aliphatic heterocycles. The summed E-state index contributed by atoms with van der Waals surface area (Å²) in [6.45, 7) is 1.53. The Bertz CT molecular complexity index is 399. The van der Waals surface area contributed by atoms with Gasteiger partial charge in [-0.15, -0.1) is 0 Å². The van der Waals surface area contributed by atoms with Crippen molar-refractivity contribution in [3.05, 3.63) is 54.6 Å². The molecule has 1 aromatic carbocycles. The molecule has 0 radical (unpaired) electrons. The predicted molar refractivity (Wildman–Crippen MR) is 62.9 cm³/mol. The van der Waals surface area contributed by atoms with E-state index in [0.717, 1.165) is 0 Å². The highest BCUT2D eigenvalue weighted by molar-refractivity contribution is 5.94. The largest absolute Gasteiger partial charge is 0.399 e. The summed E-state index contributed by atoms with van der Waals surface area (Å²) in [5.41, 5.74) is 6.80. The van der Waals surface area contributed by atoms with Crippen molar-refractivity contribution in [3.63, 3.8) is 0 Å². The number of carbonyl (C=O) groups excluding carboxylic acids is 1. The van der Waals surface area contributed by atoms with E-state index in [2.05, 4.69) is 9.97 Å². The van der Waals surface area contributed by atoms with Crippen molar-refractivity contribution in [3.8, 4) is 0 Å². The van der Waals surface area contributed by atoms with Gasteiger partial charge in [-0.05, 0) is 37.3 Å². The van der Waals surface area contributed by atoms with Gasteiger partial charge in [0.1, 0.15) is 6.33 Å². The number of hydrogen-bond donors (Lipinski definition) is 1. The second-order valence-electron chi connectivity index (χ2n) is 3.08. The summed E-state index contributed by atoms with van der Waals surface area (Å²) in [5, 5.41) is 0. The van der Waals surface area contributed by atoms with E-state index in [4.69, 9.17) is 5.73 Å². The SMILES string of the molecule is CC(=O)c1ccc(N)cc1.c1cncnc1. The smallest absolute Gasteiger partial charge is 0.159 e. The van der Waals surface area contributed by atoms with E-state index >= 15 is 0 Å². The Labute approximate surface area is 94.2 Å². The lowest BCUT2D eigenvalue weighted by atomic mass is 10.1. The molecule has 1 heterocycles. The predicted octanol–water partition coefficient (Wildman–Crippen LogP) is 1.95. The van der Waals surface area contributed by atoms with Crippen LogP contribution in [-0.4, -0.2) is 15.8 Å². The van der Waals surface area contributed by atoms with Crippen LogP contribution in [0, 0.1) is 0 Å². The molecule has 1 aromatic heterocycles. The van der Waals surface area contributed by atoms with Crippen molar-refractivity contribution < 1.29 is 4.79 Å². The molecule has 0 bridgehead atoms. The van der Waals surface area contributed by atoms with Crippen molar-refractivity contribution in [2.75, 3.05) is 5.73 Å². The monoisotopic (exact) mass is 215 g/mol. The first-order valence-corrected chi connectivity index (χ1v) is 4.76. The number of nitrogen functional groups attached to an aromatic ring is 1. The summed E-state index contributed by atoms with van der Waals surface area (Å²) in [6, 6.07) is 8.66. The molecular weight excluding hydrogens is 202 g/mol. The van der Waals surface area contributed by atoms with Gasteiger partial charge in [-0.1, -0.05) is 0 Å². The van der Waals surface area contributed by atoms with Gasteiger partial charge in [-0.3, -0.25) is 4.79 Å². The highest BCUT2D eigenvalue weighted by Gasteiger charge is 1.95. The number of rotatable bonds is 1. The zero-order chi connectivity index (χ0) is 11.8. The average Bonchev–Trinajstić information content (AvgIpc) is 2.32. The number of carbonyl (C=O) groups is 1. The second kappa shape index (κ2) is 6.29. The molecule has 2 aromatic rings. The number of anilines is 1. The molecule has 2 rings (SSSR count). The number of benzene rings is 1. The molecular formula is C12H13N3O. The zero-order valence-electron chi connectivity index (χ0n) is 9.00. The standard InChI is InChI=1S/C8H9NO.C4H4N2/c1-6(10)7-2-4-8(9)5-3-7;1-2-5-4-6-3-1/h2-5H,9H2,1H3;1-4H. The first kappa shape index (κ1) is 11.8. The molecule has 82 valence electrons. The van der Waals surface area contributed by atoms with E-state index < -0.39 is 0 Å². The third kappa shape index (κ3) is 4.32. The number of nitrogens with two attached hydrogens (primary N) is 1. The van der Waals surface area contributed by atoms with Crippen molar-refractivity contribution in [2.45, 2.75) is 6.92 Å². The van der Waals surface area contributed by atoms with Crippen LogP contribution in [0.2, 0.25) is 0 Å². The van der Waals surface area contributed by atoms with Crippen molar-refractivity contribution in [2.24, 2.45) is 0 Å². The Morgan fingerprint density at radius 2 is 1.69 bits per heavy atom. The summed E-state index contributed by atoms with van der Waals surface area (Å²) in [5.74, 6) is 0.0694. The topological polar surface area (TPSA) is 68.9 Å². The maximum atomic E-state index is 10.7. The Balaban J connectivity index is 0.000000181. The van der Waals surface area contributed by atoms with Crippen LogP contribution in [0.1, 0.15) is 17.3 Å². The lowest BCUT2D eigenvalue weighted by molar-refractivity contribution is 0.101. The summed E-state index contributed by atoms with van der Waals surface area (Å²) >= 11 is 0. The molecule has 16 heavy (non-hydrogen) atoms. The zero-order valence-corrected chi connectivity index (χ0v) is 9.00. The van der Waals surface area contributed by atoms with E-state index in [9.17, 15) is 4.79 Å². The molecule has 0 aliphatic rings.